The van der Waals surface area contributed by atoms with Gasteiger partial charge in [0, 0.05) is 0 Å². The first kappa shape index (κ1) is 18.6. The lowest BCUT2D eigenvalue weighted by molar-refractivity contribution is 0.415. The van der Waals surface area contributed by atoms with E-state index in [4.69, 9.17) is 30.9 Å². The summed E-state index contributed by atoms with van der Waals surface area (Å²) < 4.78 is 12.6. The van der Waals surface area contributed by atoms with Crippen molar-refractivity contribution in [2.45, 2.75) is 6.17 Å². The van der Waals surface area contributed by atoms with Crippen LogP contribution in [0.4, 0.5) is 5.13 Å². The van der Waals surface area contributed by atoms with Crippen molar-refractivity contribution in [1.29, 1.82) is 0 Å². The molecule has 4 aromatic rings. The van der Waals surface area contributed by atoms with Gasteiger partial charge in [0.15, 0.2) is 11.3 Å². The Balaban J connectivity index is 1.61. The molecular formula is C19H17N7O2S2. The molecule has 3 heterocycles. The zero-order valence-corrected chi connectivity index (χ0v) is 17.7. The molecule has 0 saturated heterocycles. The SMILES string of the molecule is COc1ccc2nc(C3N=C(N)N=C(N)N3c3nc4ccc(OC)cc4s3)sc2c1. The van der Waals surface area contributed by atoms with Crippen LogP contribution in [0, 0.1) is 0 Å². The molecule has 11 heteroatoms. The quantitative estimate of drug-likeness (QED) is 0.501. The molecule has 30 heavy (non-hydrogen) atoms. The standard InChI is InChI=1S/C19H17N7O2S2/c1-27-9-3-5-11-13(7-9)29-16(22-11)15-24-17(20)25-18(21)26(15)19-23-12-6-4-10(28-2)8-14(12)30-19/h3-8,15H,1-2H3,(H4,20,21,24,25). The Morgan fingerprint density at radius 2 is 1.53 bits per heavy atom. The highest BCUT2D eigenvalue weighted by Crippen LogP contribution is 2.39. The summed E-state index contributed by atoms with van der Waals surface area (Å²) in [6.07, 6.45) is -0.562. The van der Waals surface area contributed by atoms with Crippen molar-refractivity contribution in [1.82, 2.24) is 9.97 Å². The number of hydrogen-bond donors (Lipinski definition) is 2. The number of benzene rings is 2. The van der Waals surface area contributed by atoms with Crippen LogP contribution < -0.4 is 25.8 Å². The first-order chi connectivity index (χ1) is 14.6. The number of guanidine groups is 2. The number of methoxy groups -OCH3 is 2. The summed E-state index contributed by atoms with van der Waals surface area (Å²) in [7, 11) is 3.27. The minimum Gasteiger partial charge on any atom is -0.497 e. The molecule has 0 radical (unpaired) electrons. The van der Waals surface area contributed by atoms with Gasteiger partial charge in [-0.15, -0.1) is 11.3 Å². The van der Waals surface area contributed by atoms with E-state index in [1.807, 2.05) is 36.4 Å². The summed E-state index contributed by atoms with van der Waals surface area (Å²) in [5.41, 5.74) is 13.9. The maximum absolute atomic E-state index is 6.26. The van der Waals surface area contributed by atoms with Gasteiger partial charge in [-0.05, 0) is 36.4 Å². The Hall–Kier alpha value is -3.44. The van der Waals surface area contributed by atoms with Gasteiger partial charge in [-0.25, -0.2) is 15.0 Å². The predicted octanol–water partition coefficient (Wildman–Crippen LogP) is 3.07. The minimum atomic E-state index is -0.562. The predicted molar refractivity (Wildman–Crippen MR) is 121 cm³/mol. The molecule has 0 amide bonds. The molecule has 1 atom stereocenters. The average molecular weight is 440 g/mol. The zero-order valence-electron chi connectivity index (χ0n) is 16.1. The third kappa shape index (κ3) is 3.08. The smallest absolute Gasteiger partial charge is 0.221 e. The van der Waals surface area contributed by atoms with Crippen molar-refractivity contribution < 1.29 is 9.47 Å². The number of thiazole rings is 2. The minimum absolute atomic E-state index is 0.105. The molecule has 0 spiro atoms. The molecule has 1 aliphatic rings. The largest absolute Gasteiger partial charge is 0.497 e. The Morgan fingerprint density at radius 3 is 2.20 bits per heavy atom. The fourth-order valence-electron chi connectivity index (χ4n) is 3.16. The van der Waals surface area contributed by atoms with Crippen LogP contribution in [0.3, 0.4) is 0 Å². The second-order valence-electron chi connectivity index (χ2n) is 6.42. The first-order valence-corrected chi connectivity index (χ1v) is 10.5. The van der Waals surface area contributed by atoms with Gasteiger partial charge in [-0.2, -0.15) is 4.99 Å². The topological polar surface area (TPSA) is 124 Å². The Morgan fingerprint density at radius 1 is 0.900 bits per heavy atom. The molecule has 0 aliphatic carbocycles. The molecule has 0 fully saturated rings. The van der Waals surface area contributed by atoms with Gasteiger partial charge in [0.05, 0.1) is 34.7 Å². The van der Waals surface area contributed by atoms with Gasteiger partial charge >= 0.3 is 0 Å². The van der Waals surface area contributed by atoms with E-state index in [2.05, 4.69) is 9.98 Å². The number of ether oxygens (including phenoxy) is 2. The highest BCUT2D eigenvalue weighted by Gasteiger charge is 2.32. The van der Waals surface area contributed by atoms with Crippen molar-refractivity contribution in [2.24, 2.45) is 21.5 Å². The molecule has 2 aromatic heterocycles. The second kappa shape index (κ2) is 7.11. The van der Waals surface area contributed by atoms with Crippen LogP contribution in [0.15, 0.2) is 46.4 Å². The maximum atomic E-state index is 6.26. The number of anilines is 1. The molecule has 4 N–H and O–H groups in total. The van der Waals surface area contributed by atoms with Gasteiger partial charge in [-0.1, -0.05) is 11.3 Å². The van der Waals surface area contributed by atoms with Crippen LogP contribution in [-0.4, -0.2) is 36.1 Å². The lowest BCUT2D eigenvalue weighted by Gasteiger charge is -2.28. The van der Waals surface area contributed by atoms with E-state index in [1.165, 1.54) is 22.7 Å². The Bertz CT molecular complexity index is 1330. The molecule has 0 saturated carbocycles. The molecule has 1 aliphatic heterocycles. The highest BCUT2D eigenvalue weighted by molar-refractivity contribution is 7.22. The van der Waals surface area contributed by atoms with Crippen LogP contribution in [0.1, 0.15) is 11.2 Å². The van der Waals surface area contributed by atoms with E-state index in [0.29, 0.717) is 5.13 Å². The van der Waals surface area contributed by atoms with E-state index in [-0.39, 0.29) is 11.9 Å². The lowest BCUT2D eigenvalue weighted by atomic mass is 10.3. The number of nitrogens with zero attached hydrogens (tertiary/aromatic N) is 5. The van der Waals surface area contributed by atoms with Crippen molar-refractivity contribution >= 4 is 60.2 Å². The first-order valence-electron chi connectivity index (χ1n) is 8.91. The zero-order chi connectivity index (χ0) is 20.8. The summed E-state index contributed by atoms with van der Waals surface area (Å²) in [5.74, 6) is 1.85. The summed E-state index contributed by atoms with van der Waals surface area (Å²) in [6, 6.07) is 11.4. The maximum Gasteiger partial charge on any atom is 0.221 e. The van der Waals surface area contributed by atoms with Crippen LogP contribution in [0.5, 0.6) is 11.5 Å². The van der Waals surface area contributed by atoms with Crippen molar-refractivity contribution in [2.75, 3.05) is 19.1 Å². The molecule has 5 rings (SSSR count). The molecule has 0 bridgehead atoms. The van der Waals surface area contributed by atoms with Gasteiger partial charge in [0.1, 0.15) is 16.5 Å². The fraction of sp³-hybridized carbons (Fsp3) is 0.158. The normalized spacial score (nSPS) is 16.6. The number of nitrogens with two attached hydrogens (primary N) is 2. The van der Waals surface area contributed by atoms with Gasteiger partial charge < -0.3 is 20.9 Å². The van der Waals surface area contributed by atoms with Crippen molar-refractivity contribution in [3.8, 4) is 11.5 Å². The Labute approximate surface area is 179 Å². The number of rotatable bonds is 4. The summed E-state index contributed by atoms with van der Waals surface area (Å²) in [4.78, 5) is 19.9. The monoisotopic (exact) mass is 439 g/mol. The highest BCUT2D eigenvalue weighted by atomic mass is 32.1. The van der Waals surface area contributed by atoms with Crippen LogP contribution >= 0.6 is 22.7 Å². The van der Waals surface area contributed by atoms with E-state index in [0.717, 1.165) is 36.9 Å². The molecule has 1 unspecified atom stereocenters. The van der Waals surface area contributed by atoms with Crippen LogP contribution in [-0.2, 0) is 0 Å². The van der Waals surface area contributed by atoms with Crippen molar-refractivity contribution in [3.05, 3.63) is 41.4 Å². The van der Waals surface area contributed by atoms with Gasteiger partial charge in [-0.3, -0.25) is 4.90 Å². The molecule has 9 nitrogen and oxygen atoms in total. The summed E-state index contributed by atoms with van der Waals surface area (Å²) in [6.45, 7) is 0. The third-order valence-electron chi connectivity index (χ3n) is 4.60. The number of hydrogen-bond acceptors (Lipinski definition) is 11. The fourth-order valence-corrected chi connectivity index (χ4v) is 5.21. The number of aliphatic imine (C=N–C) groups is 2. The van der Waals surface area contributed by atoms with Crippen molar-refractivity contribution in [3.63, 3.8) is 0 Å². The van der Waals surface area contributed by atoms with E-state index in [9.17, 15) is 0 Å². The number of aromatic nitrogens is 2. The van der Waals surface area contributed by atoms with E-state index >= 15 is 0 Å². The third-order valence-corrected chi connectivity index (χ3v) is 6.67. The Kier molecular flexibility index (Phi) is 4.40. The molecule has 152 valence electrons. The second-order valence-corrected chi connectivity index (χ2v) is 8.49. The van der Waals surface area contributed by atoms with E-state index < -0.39 is 6.17 Å². The van der Waals surface area contributed by atoms with Gasteiger partial charge in [0.2, 0.25) is 11.9 Å². The lowest BCUT2D eigenvalue weighted by Crippen LogP contribution is -2.44. The average Bonchev–Trinajstić information content (AvgIpc) is 3.35. The molecular weight excluding hydrogens is 422 g/mol. The molecule has 2 aromatic carbocycles. The van der Waals surface area contributed by atoms with Gasteiger partial charge in [0.25, 0.3) is 0 Å². The van der Waals surface area contributed by atoms with E-state index in [1.54, 1.807) is 19.1 Å². The summed E-state index contributed by atoms with van der Waals surface area (Å²) >= 11 is 2.97. The number of fused-ring (bicyclic) bond motifs is 2. The van der Waals surface area contributed by atoms with Crippen LogP contribution in [0.2, 0.25) is 0 Å². The summed E-state index contributed by atoms with van der Waals surface area (Å²) in [5, 5.41) is 1.38. The van der Waals surface area contributed by atoms with Crippen LogP contribution in [0.25, 0.3) is 20.4 Å².